The molecule has 22 heavy (non-hydrogen) atoms. The molecule has 1 fully saturated rings. The van der Waals surface area contributed by atoms with Crippen LogP contribution in [0.5, 0.6) is 0 Å². The van der Waals surface area contributed by atoms with Crippen LogP contribution in [0.2, 0.25) is 0 Å². The monoisotopic (exact) mass is 294 g/mol. The number of hydrogen-bond donors (Lipinski definition) is 2. The van der Waals surface area contributed by atoms with Gasteiger partial charge in [-0.2, -0.15) is 0 Å². The van der Waals surface area contributed by atoms with Crippen molar-refractivity contribution in [2.24, 2.45) is 0 Å². The summed E-state index contributed by atoms with van der Waals surface area (Å²) >= 11 is 0. The molecule has 3 heterocycles. The van der Waals surface area contributed by atoms with Gasteiger partial charge < -0.3 is 5.32 Å². The van der Waals surface area contributed by atoms with Gasteiger partial charge in [0.15, 0.2) is 5.65 Å². The lowest BCUT2D eigenvalue weighted by Crippen LogP contribution is -2.29. The topological polar surface area (TPSA) is 62.2 Å². The summed E-state index contributed by atoms with van der Waals surface area (Å²) < 4.78 is 1.51. The smallest absolute Gasteiger partial charge is 0.272 e. The Bertz CT molecular complexity index is 844. The predicted molar refractivity (Wildman–Crippen MR) is 85.8 cm³/mol. The lowest BCUT2D eigenvalue weighted by atomic mass is 10.0. The van der Waals surface area contributed by atoms with Crippen LogP contribution in [-0.4, -0.2) is 21.1 Å². The summed E-state index contributed by atoms with van der Waals surface area (Å²) in [5.74, 6) is 0. The Morgan fingerprint density at radius 2 is 2.00 bits per heavy atom. The molecular weight excluding hydrogens is 276 g/mol. The lowest BCUT2D eigenvalue weighted by Gasteiger charge is -2.22. The average molecular weight is 294 g/mol. The van der Waals surface area contributed by atoms with Crippen molar-refractivity contribution in [3.05, 3.63) is 58.5 Å². The predicted octanol–water partition coefficient (Wildman–Crippen LogP) is 2.50. The normalized spacial score (nSPS) is 18.6. The van der Waals surface area contributed by atoms with Crippen molar-refractivity contribution in [3.63, 3.8) is 0 Å². The molecule has 2 N–H and O–H groups in total. The largest absolute Gasteiger partial charge is 0.309 e. The summed E-state index contributed by atoms with van der Waals surface area (Å²) in [6, 6.07) is 13.7. The highest BCUT2D eigenvalue weighted by Gasteiger charge is 2.18. The van der Waals surface area contributed by atoms with Crippen LogP contribution in [0.15, 0.2) is 47.3 Å². The van der Waals surface area contributed by atoms with Crippen molar-refractivity contribution in [2.75, 3.05) is 6.54 Å². The van der Waals surface area contributed by atoms with Gasteiger partial charge in [-0.05, 0) is 24.9 Å². The van der Waals surface area contributed by atoms with Crippen LogP contribution in [0, 0.1) is 0 Å². The Morgan fingerprint density at radius 1 is 1.14 bits per heavy atom. The Balaban J connectivity index is 1.79. The van der Waals surface area contributed by atoms with Crippen LogP contribution in [0.1, 0.15) is 31.0 Å². The highest BCUT2D eigenvalue weighted by molar-refractivity contribution is 5.63. The lowest BCUT2D eigenvalue weighted by molar-refractivity contribution is 0.405. The third kappa shape index (κ3) is 2.33. The van der Waals surface area contributed by atoms with Gasteiger partial charge in [-0.25, -0.2) is 9.50 Å². The SMILES string of the molecule is O=c1cc(C2CCCCN2)nc2cc(-c3ccccc3)[nH]n12. The molecule has 1 unspecified atom stereocenters. The van der Waals surface area contributed by atoms with E-state index in [9.17, 15) is 4.79 Å². The van der Waals surface area contributed by atoms with Crippen molar-refractivity contribution in [1.82, 2.24) is 19.9 Å². The summed E-state index contributed by atoms with van der Waals surface area (Å²) in [6.07, 6.45) is 3.42. The average Bonchev–Trinajstić information content (AvgIpc) is 3.01. The van der Waals surface area contributed by atoms with Gasteiger partial charge >= 0.3 is 0 Å². The first-order valence-electron chi connectivity index (χ1n) is 7.73. The third-order valence-corrected chi connectivity index (χ3v) is 4.22. The second-order valence-electron chi connectivity index (χ2n) is 5.75. The molecule has 0 spiro atoms. The molecular formula is C17H18N4O. The van der Waals surface area contributed by atoms with E-state index >= 15 is 0 Å². The number of rotatable bonds is 2. The maximum Gasteiger partial charge on any atom is 0.272 e. The quantitative estimate of drug-likeness (QED) is 0.763. The van der Waals surface area contributed by atoms with Gasteiger partial charge in [0.05, 0.1) is 11.4 Å². The number of fused-ring (bicyclic) bond motifs is 1. The number of H-pyrrole nitrogens is 1. The number of benzene rings is 1. The van der Waals surface area contributed by atoms with E-state index in [4.69, 9.17) is 0 Å². The molecule has 3 aromatic rings. The first-order valence-corrected chi connectivity index (χ1v) is 7.73. The van der Waals surface area contributed by atoms with Crippen molar-refractivity contribution >= 4 is 5.65 Å². The van der Waals surface area contributed by atoms with Gasteiger partial charge in [0, 0.05) is 18.2 Å². The minimum Gasteiger partial charge on any atom is -0.309 e. The van der Waals surface area contributed by atoms with Crippen LogP contribution in [0.4, 0.5) is 0 Å². The molecule has 5 heteroatoms. The Hall–Kier alpha value is -2.40. The molecule has 0 radical (unpaired) electrons. The molecule has 0 amide bonds. The molecule has 1 atom stereocenters. The second-order valence-corrected chi connectivity index (χ2v) is 5.75. The zero-order chi connectivity index (χ0) is 14.9. The Kier molecular flexibility index (Phi) is 3.27. The summed E-state index contributed by atoms with van der Waals surface area (Å²) in [6.45, 7) is 0.994. The molecule has 0 bridgehead atoms. The third-order valence-electron chi connectivity index (χ3n) is 4.22. The van der Waals surface area contributed by atoms with E-state index in [-0.39, 0.29) is 11.6 Å². The van der Waals surface area contributed by atoms with Gasteiger partial charge in [0.1, 0.15) is 0 Å². The van der Waals surface area contributed by atoms with E-state index in [0.29, 0.717) is 5.65 Å². The Labute approximate surface area is 128 Å². The molecule has 0 saturated carbocycles. The van der Waals surface area contributed by atoms with Crippen LogP contribution < -0.4 is 10.9 Å². The summed E-state index contributed by atoms with van der Waals surface area (Å²) in [5, 5.41) is 6.58. The maximum absolute atomic E-state index is 12.4. The van der Waals surface area contributed by atoms with Crippen molar-refractivity contribution in [2.45, 2.75) is 25.3 Å². The first-order chi connectivity index (χ1) is 10.8. The molecule has 1 aliphatic rings. The maximum atomic E-state index is 12.4. The van der Waals surface area contributed by atoms with Gasteiger partial charge in [0.2, 0.25) is 0 Å². The van der Waals surface area contributed by atoms with Gasteiger partial charge in [0.25, 0.3) is 5.56 Å². The number of aromatic nitrogens is 3. The fraction of sp³-hybridized carbons (Fsp3) is 0.294. The standard InChI is InChI=1S/C17H18N4O/c22-17-11-15(13-8-4-5-9-18-13)19-16-10-14(20-21(16)17)12-6-2-1-3-7-12/h1-3,6-7,10-11,13,18,20H,4-5,8-9H2. The van der Waals surface area contributed by atoms with Gasteiger partial charge in [-0.1, -0.05) is 36.8 Å². The number of aromatic amines is 1. The van der Waals surface area contributed by atoms with E-state index in [1.54, 1.807) is 6.07 Å². The zero-order valence-corrected chi connectivity index (χ0v) is 12.2. The van der Waals surface area contributed by atoms with Crippen LogP contribution in [-0.2, 0) is 0 Å². The van der Waals surface area contributed by atoms with Gasteiger partial charge in [-0.3, -0.25) is 9.89 Å². The molecule has 0 aliphatic carbocycles. The minimum atomic E-state index is -0.0606. The van der Waals surface area contributed by atoms with Gasteiger partial charge in [-0.15, -0.1) is 0 Å². The summed E-state index contributed by atoms with van der Waals surface area (Å²) in [4.78, 5) is 17.0. The van der Waals surface area contributed by atoms with E-state index in [2.05, 4.69) is 15.4 Å². The number of piperidine rings is 1. The minimum absolute atomic E-state index is 0.0606. The second kappa shape index (κ2) is 5.42. The van der Waals surface area contributed by atoms with E-state index in [0.717, 1.165) is 29.9 Å². The van der Waals surface area contributed by atoms with Crippen LogP contribution in [0.25, 0.3) is 16.9 Å². The van der Waals surface area contributed by atoms with E-state index in [1.807, 2.05) is 36.4 Å². The zero-order valence-electron chi connectivity index (χ0n) is 12.2. The number of hydrogen-bond acceptors (Lipinski definition) is 3. The summed E-state index contributed by atoms with van der Waals surface area (Å²) in [7, 11) is 0. The fourth-order valence-electron chi connectivity index (χ4n) is 3.06. The highest BCUT2D eigenvalue weighted by Crippen LogP contribution is 2.22. The molecule has 1 aliphatic heterocycles. The molecule has 1 aromatic carbocycles. The van der Waals surface area contributed by atoms with Crippen molar-refractivity contribution in [3.8, 4) is 11.3 Å². The van der Waals surface area contributed by atoms with Crippen LogP contribution >= 0.6 is 0 Å². The molecule has 5 nitrogen and oxygen atoms in total. The van der Waals surface area contributed by atoms with E-state index < -0.39 is 0 Å². The van der Waals surface area contributed by atoms with Crippen molar-refractivity contribution < 1.29 is 0 Å². The molecule has 1 saturated heterocycles. The Morgan fingerprint density at radius 3 is 2.77 bits per heavy atom. The van der Waals surface area contributed by atoms with Crippen LogP contribution in [0.3, 0.4) is 0 Å². The highest BCUT2D eigenvalue weighted by atomic mass is 16.1. The number of nitrogens with zero attached hydrogens (tertiary/aromatic N) is 2. The first kappa shape index (κ1) is 13.3. The van der Waals surface area contributed by atoms with E-state index in [1.165, 1.54) is 17.4 Å². The molecule has 2 aromatic heterocycles. The molecule has 112 valence electrons. The fourth-order valence-corrected chi connectivity index (χ4v) is 3.06. The molecule has 4 rings (SSSR count). The van der Waals surface area contributed by atoms with Crippen molar-refractivity contribution in [1.29, 1.82) is 0 Å². The summed E-state index contributed by atoms with van der Waals surface area (Å²) in [5.41, 5.74) is 3.41. The number of nitrogens with one attached hydrogen (secondary N) is 2.